The standard InChI is InChI=1S/C15H30N2O2/c1-5-14(3,4)19-11-9-12-8-7-10-15(12,13(16)18)17-6-2/h12,17H,5-11H2,1-4H3,(H2,16,18). The molecule has 0 bridgehead atoms. The topological polar surface area (TPSA) is 64.3 Å². The molecule has 2 atom stereocenters. The largest absolute Gasteiger partial charge is 0.376 e. The minimum atomic E-state index is -0.505. The molecule has 0 radical (unpaired) electrons. The maximum absolute atomic E-state index is 11.9. The summed E-state index contributed by atoms with van der Waals surface area (Å²) in [5.41, 5.74) is 5.07. The summed E-state index contributed by atoms with van der Waals surface area (Å²) in [6.45, 7) is 9.84. The summed E-state index contributed by atoms with van der Waals surface area (Å²) in [6.07, 6.45) is 4.88. The van der Waals surface area contributed by atoms with Gasteiger partial charge in [-0.25, -0.2) is 0 Å². The number of hydrogen-bond acceptors (Lipinski definition) is 3. The molecule has 0 spiro atoms. The number of amides is 1. The Morgan fingerprint density at radius 2 is 2.16 bits per heavy atom. The average molecular weight is 270 g/mol. The van der Waals surface area contributed by atoms with Crippen molar-refractivity contribution in [2.75, 3.05) is 13.2 Å². The summed E-state index contributed by atoms with van der Waals surface area (Å²) in [6, 6.07) is 0. The summed E-state index contributed by atoms with van der Waals surface area (Å²) < 4.78 is 5.91. The highest BCUT2D eigenvalue weighted by Crippen LogP contribution is 2.38. The molecular formula is C15H30N2O2. The van der Waals surface area contributed by atoms with Gasteiger partial charge in [-0.1, -0.05) is 20.3 Å². The van der Waals surface area contributed by atoms with E-state index in [1.54, 1.807) is 0 Å². The molecule has 0 aromatic rings. The lowest BCUT2D eigenvalue weighted by Gasteiger charge is -2.34. The normalized spacial score (nSPS) is 27.7. The van der Waals surface area contributed by atoms with Crippen LogP contribution in [0.4, 0.5) is 0 Å². The van der Waals surface area contributed by atoms with E-state index in [-0.39, 0.29) is 11.5 Å². The van der Waals surface area contributed by atoms with Gasteiger partial charge >= 0.3 is 0 Å². The summed E-state index contributed by atoms with van der Waals surface area (Å²) in [5, 5.41) is 3.34. The summed E-state index contributed by atoms with van der Waals surface area (Å²) in [4.78, 5) is 11.9. The van der Waals surface area contributed by atoms with Gasteiger partial charge in [-0.2, -0.15) is 0 Å². The van der Waals surface area contributed by atoms with Crippen molar-refractivity contribution in [2.24, 2.45) is 11.7 Å². The Morgan fingerprint density at radius 1 is 1.47 bits per heavy atom. The van der Waals surface area contributed by atoms with Crippen LogP contribution in [0.25, 0.3) is 0 Å². The number of carbonyl (C=O) groups excluding carboxylic acids is 1. The van der Waals surface area contributed by atoms with E-state index in [1.807, 2.05) is 6.92 Å². The van der Waals surface area contributed by atoms with Crippen molar-refractivity contribution >= 4 is 5.91 Å². The van der Waals surface area contributed by atoms with E-state index < -0.39 is 5.54 Å². The number of nitrogens with two attached hydrogens (primary N) is 1. The molecule has 3 N–H and O–H groups in total. The van der Waals surface area contributed by atoms with Crippen molar-refractivity contribution in [3.05, 3.63) is 0 Å². The van der Waals surface area contributed by atoms with Gasteiger partial charge in [-0.15, -0.1) is 0 Å². The number of nitrogens with one attached hydrogen (secondary N) is 1. The molecule has 0 aromatic carbocycles. The third-order valence-electron chi connectivity index (χ3n) is 4.56. The van der Waals surface area contributed by atoms with Gasteiger partial charge in [-0.3, -0.25) is 4.79 Å². The lowest BCUT2D eigenvalue weighted by atomic mass is 9.84. The molecule has 4 nitrogen and oxygen atoms in total. The SMILES string of the molecule is CCNC1(C(N)=O)CCCC1CCOC(C)(C)CC. The van der Waals surface area contributed by atoms with Gasteiger partial charge in [-0.05, 0) is 52.0 Å². The second-order valence-electron chi connectivity index (χ2n) is 6.21. The number of likely N-dealkylation sites (N-methyl/N-ethyl adjacent to an activating group) is 1. The van der Waals surface area contributed by atoms with E-state index in [0.29, 0.717) is 12.5 Å². The van der Waals surface area contributed by atoms with Gasteiger partial charge in [0.05, 0.1) is 5.60 Å². The van der Waals surface area contributed by atoms with Crippen LogP contribution >= 0.6 is 0 Å². The molecular weight excluding hydrogens is 240 g/mol. The third kappa shape index (κ3) is 3.93. The van der Waals surface area contributed by atoms with Crippen LogP contribution in [0.1, 0.15) is 59.8 Å². The van der Waals surface area contributed by atoms with E-state index in [4.69, 9.17) is 10.5 Å². The number of carbonyl (C=O) groups is 1. The first-order valence-corrected chi connectivity index (χ1v) is 7.57. The summed E-state index contributed by atoms with van der Waals surface area (Å²) >= 11 is 0. The van der Waals surface area contributed by atoms with Crippen LogP contribution in [-0.2, 0) is 9.53 Å². The molecule has 0 aromatic heterocycles. The maximum Gasteiger partial charge on any atom is 0.238 e. The highest BCUT2D eigenvalue weighted by molar-refractivity contribution is 5.85. The first-order valence-electron chi connectivity index (χ1n) is 7.57. The highest BCUT2D eigenvalue weighted by Gasteiger charge is 2.46. The number of hydrogen-bond donors (Lipinski definition) is 2. The zero-order chi connectivity index (χ0) is 14.5. The number of rotatable bonds is 8. The Bertz CT molecular complexity index is 305. The predicted octanol–water partition coefficient (Wildman–Crippen LogP) is 2.22. The second kappa shape index (κ2) is 6.71. The molecule has 4 heteroatoms. The Labute approximate surface area is 117 Å². The lowest BCUT2D eigenvalue weighted by molar-refractivity contribution is -0.126. The van der Waals surface area contributed by atoms with E-state index >= 15 is 0 Å². The van der Waals surface area contributed by atoms with Crippen LogP contribution in [-0.4, -0.2) is 30.2 Å². The van der Waals surface area contributed by atoms with Gasteiger partial charge < -0.3 is 15.8 Å². The van der Waals surface area contributed by atoms with Gasteiger partial charge in [0.1, 0.15) is 5.54 Å². The van der Waals surface area contributed by atoms with Crippen LogP contribution in [0.15, 0.2) is 0 Å². The molecule has 0 aliphatic heterocycles. The molecule has 112 valence electrons. The molecule has 1 amide bonds. The summed E-state index contributed by atoms with van der Waals surface area (Å²) in [5.74, 6) is 0.101. The van der Waals surface area contributed by atoms with Crippen LogP contribution in [0.3, 0.4) is 0 Å². The fourth-order valence-electron chi connectivity index (χ4n) is 3.01. The maximum atomic E-state index is 11.9. The van der Waals surface area contributed by atoms with Crippen molar-refractivity contribution in [1.29, 1.82) is 0 Å². The fourth-order valence-corrected chi connectivity index (χ4v) is 3.01. The summed E-state index contributed by atoms with van der Waals surface area (Å²) in [7, 11) is 0. The zero-order valence-corrected chi connectivity index (χ0v) is 12.9. The molecule has 1 saturated carbocycles. The van der Waals surface area contributed by atoms with Crippen LogP contribution in [0.2, 0.25) is 0 Å². The van der Waals surface area contributed by atoms with Gasteiger partial charge in [0.25, 0.3) is 0 Å². The molecule has 1 fully saturated rings. The predicted molar refractivity (Wildman–Crippen MR) is 77.9 cm³/mol. The Balaban J connectivity index is 2.58. The molecule has 0 saturated heterocycles. The van der Waals surface area contributed by atoms with Crippen molar-refractivity contribution in [2.45, 2.75) is 70.9 Å². The lowest BCUT2D eigenvalue weighted by Crippen LogP contribution is -2.58. The molecule has 0 heterocycles. The van der Waals surface area contributed by atoms with E-state index in [1.165, 1.54) is 0 Å². The van der Waals surface area contributed by atoms with Crippen molar-refractivity contribution in [3.63, 3.8) is 0 Å². The molecule has 1 aliphatic rings. The van der Waals surface area contributed by atoms with E-state index in [0.717, 1.165) is 38.6 Å². The van der Waals surface area contributed by atoms with Gasteiger partial charge in [0, 0.05) is 6.61 Å². The first kappa shape index (κ1) is 16.4. The van der Waals surface area contributed by atoms with Crippen LogP contribution < -0.4 is 11.1 Å². The van der Waals surface area contributed by atoms with Crippen LogP contribution in [0.5, 0.6) is 0 Å². The minimum Gasteiger partial charge on any atom is -0.376 e. The fraction of sp³-hybridized carbons (Fsp3) is 0.933. The molecule has 1 rings (SSSR count). The second-order valence-corrected chi connectivity index (χ2v) is 6.21. The number of primary amides is 1. The Hall–Kier alpha value is -0.610. The number of ether oxygens (including phenoxy) is 1. The van der Waals surface area contributed by atoms with Gasteiger partial charge in [0.15, 0.2) is 0 Å². The van der Waals surface area contributed by atoms with Crippen molar-refractivity contribution in [3.8, 4) is 0 Å². The van der Waals surface area contributed by atoms with Gasteiger partial charge in [0.2, 0.25) is 5.91 Å². The molecule has 2 unspecified atom stereocenters. The smallest absolute Gasteiger partial charge is 0.238 e. The monoisotopic (exact) mass is 270 g/mol. The zero-order valence-electron chi connectivity index (χ0n) is 12.9. The Morgan fingerprint density at radius 3 is 2.68 bits per heavy atom. The van der Waals surface area contributed by atoms with E-state index in [9.17, 15) is 4.79 Å². The molecule has 1 aliphatic carbocycles. The third-order valence-corrected chi connectivity index (χ3v) is 4.56. The van der Waals surface area contributed by atoms with E-state index in [2.05, 4.69) is 26.1 Å². The van der Waals surface area contributed by atoms with Crippen molar-refractivity contribution < 1.29 is 9.53 Å². The molecule has 19 heavy (non-hydrogen) atoms. The average Bonchev–Trinajstić information content (AvgIpc) is 2.74. The van der Waals surface area contributed by atoms with Crippen molar-refractivity contribution in [1.82, 2.24) is 5.32 Å². The highest BCUT2D eigenvalue weighted by atomic mass is 16.5. The Kier molecular flexibility index (Phi) is 5.81. The van der Waals surface area contributed by atoms with Crippen LogP contribution in [0, 0.1) is 5.92 Å². The quantitative estimate of drug-likeness (QED) is 0.711. The minimum absolute atomic E-state index is 0.0772. The first-order chi connectivity index (χ1) is 8.88.